The van der Waals surface area contributed by atoms with Crippen molar-refractivity contribution in [2.75, 3.05) is 19.6 Å². The van der Waals surface area contributed by atoms with Gasteiger partial charge >= 0.3 is 0 Å². The summed E-state index contributed by atoms with van der Waals surface area (Å²) >= 11 is 5.05. The van der Waals surface area contributed by atoms with Gasteiger partial charge in [0.1, 0.15) is 0 Å². The minimum Gasteiger partial charge on any atom is -0.304 e. The van der Waals surface area contributed by atoms with Crippen LogP contribution < -0.4 is 0 Å². The van der Waals surface area contributed by atoms with Crippen molar-refractivity contribution >= 4 is 12.2 Å². The minimum atomic E-state index is 0.563. The van der Waals surface area contributed by atoms with Gasteiger partial charge in [0.05, 0.1) is 0 Å². The van der Waals surface area contributed by atoms with E-state index in [1.165, 1.54) is 25.9 Å². The summed E-state index contributed by atoms with van der Waals surface area (Å²) in [6.45, 7) is 6.72. The fourth-order valence-electron chi connectivity index (χ4n) is 2.08. The fourth-order valence-corrected chi connectivity index (χ4v) is 2.23. The van der Waals surface area contributed by atoms with E-state index in [0.717, 1.165) is 13.1 Å². The number of hydrogen-bond donors (Lipinski definition) is 1. The molecule has 0 saturated carbocycles. The lowest BCUT2D eigenvalue weighted by Gasteiger charge is -2.30. The zero-order valence-corrected chi connectivity index (χ0v) is 9.83. The number of aromatic nitrogens is 4. The van der Waals surface area contributed by atoms with Crippen molar-refractivity contribution in [3.8, 4) is 0 Å². The van der Waals surface area contributed by atoms with Crippen molar-refractivity contribution in [3.05, 3.63) is 4.77 Å². The second kappa shape index (κ2) is 4.85. The van der Waals surface area contributed by atoms with E-state index in [9.17, 15) is 0 Å². The van der Waals surface area contributed by atoms with Crippen LogP contribution >= 0.6 is 12.2 Å². The lowest BCUT2D eigenvalue weighted by molar-refractivity contribution is 0.177. The van der Waals surface area contributed by atoms with E-state index in [1.807, 2.05) is 4.68 Å². The molecule has 0 bridgehead atoms. The molecule has 1 saturated heterocycles. The van der Waals surface area contributed by atoms with Gasteiger partial charge in [-0.2, -0.15) is 5.21 Å². The number of nitrogens with one attached hydrogen (secondary N) is 1. The van der Waals surface area contributed by atoms with E-state index in [1.54, 1.807) is 0 Å². The average Bonchev–Trinajstić information content (AvgIpc) is 2.66. The monoisotopic (exact) mass is 227 g/mol. The first-order chi connectivity index (χ1) is 7.29. The molecule has 1 N–H and O–H groups in total. The Morgan fingerprint density at radius 1 is 1.47 bits per heavy atom. The van der Waals surface area contributed by atoms with Gasteiger partial charge in [0, 0.05) is 6.54 Å². The molecule has 1 aliphatic rings. The normalized spacial score (nSPS) is 19.5. The highest BCUT2D eigenvalue weighted by atomic mass is 32.1. The minimum absolute atomic E-state index is 0.563. The molecule has 1 aromatic heterocycles. The van der Waals surface area contributed by atoms with Crippen molar-refractivity contribution in [2.45, 2.75) is 26.3 Å². The van der Waals surface area contributed by atoms with Crippen molar-refractivity contribution in [1.29, 1.82) is 0 Å². The van der Waals surface area contributed by atoms with Crippen molar-refractivity contribution in [1.82, 2.24) is 25.1 Å². The first kappa shape index (κ1) is 10.8. The fraction of sp³-hybridized carbons (Fsp3) is 0.889. The Bertz CT molecular complexity index is 349. The molecule has 6 heteroatoms. The van der Waals surface area contributed by atoms with Gasteiger partial charge in [-0.1, -0.05) is 17.2 Å². The summed E-state index contributed by atoms with van der Waals surface area (Å²) in [6, 6.07) is 0. The summed E-state index contributed by atoms with van der Waals surface area (Å²) in [6.07, 6.45) is 2.49. The van der Waals surface area contributed by atoms with Gasteiger partial charge in [0.2, 0.25) is 4.77 Å². The Morgan fingerprint density at radius 3 is 2.73 bits per heavy atom. The van der Waals surface area contributed by atoms with Crippen molar-refractivity contribution in [2.24, 2.45) is 5.92 Å². The Labute approximate surface area is 94.4 Å². The zero-order valence-electron chi connectivity index (χ0n) is 9.02. The van der Waals surface area contributed by atoms with E-state index in [4.69, 9.17) is 12.2 Å². The Morgan fingerprint density at radius 2 is 2.20 bits per heavy atom. The molecule has 0 radical (unpaired) electrons. The van der Waals surface area contributed by atoms with Crippen LogP contribution in [0.15, 0.2) is 0 Å². The standard InChI is InChI=1S/C9H17N5S/c1-2-13-5-3-8(4-6-13)7-14-9(15)10-11-12-14/h8H,2-7H2,1H3,(H,10,12,15). The number of hydrogen-bond acceptors (Lipinski definition) is 4. The van der Waals surface area contributed by atoms with Crippen LogP contribution in [0.4, 0.5) is 0 Å². The molecular formula is C9H17N5S. The second-order valence-corrected chi connectivity index (χ2v) is 4.44. The van der Waals surface area contributed by atoms with Gasteiger partial charge in [-0.3, -0.25) is 0 Å². The molecule has 1 aromatic rings. The third-order valence-electron chi connectivity index (χ3n) is 3.13. The molecule has 0 aromatic carbocycles. The van der Waals surface area contributed by atoms with Crippen LogP contribution in [-0.4, -0.2) is 44.7 Å². The van der Waals surface area contributed by atoms with Gasteiger partial charge in [0.15, 0.2) is 0 Å². The van der Waals surface area contributed by atoms with E-state index >= 15 is 0 Å². The molecule has 2 rings (SSSR count). The Kier molecular flexibility index (Phi) is 3.48. The molecular weight excluding hydrogens is 210 g/mol. The Balaban J connectivity index is 1.87. The predicted octanol–water partition coefficient (Wildman–Crippen LogP) is 1.07. The van der Waals surface area contributed by atoms with Gasteiger partial charge in [-0.25, -0.2) is 4.68 Å². The maximum atomic E-state index is 5.05. The van der Waals surface area contributed by atoms with Crippen molar-refractivity contribution < 1.29 is 0 Å². The summed E-state index contributed by atoms with van der Waals surface area (Å²) in [7, 11) is 0. The molecule has 0 amide bonds. The first-order valence-electron chi connectivity index (χ1n) is 5.50. The topological polar surface area (TPSA) is 49.7 Å². The summed E-state index contributed by atoms with van der Waals surface area (Å²) in [5.41, 5.74) is 0. The van der Waals surface area contributed by atoms with E-state index in [2.05, 4.69) is 27.3 Å². The predicted molar refractivity (Wildman–Crippen MR) is 60.0 cm³/mol. The SMILES string of the molecule is CCN1CCC(Cn2[nH]nnc2=S)CC1. The number of likely N-dealkylation sites (tertiary alicyclic amines) is 1. The van der Waals surface area contributed by atoms with Crippen molar-refractivity contribution in [3.63, 3.8) is 0 Å². The maximum absolute atomic E-state index is 5.05. The molecule has 1 fully saturated rings. The van der Waals surface area contributed by atoms with E-state index in [0.29, 0.717) is 10.7 Å². The van der Waals surface area contributed by atoms with E-state index < -0.39 is 0 Å². The number of rotatable bonds is 3. The van der Waals surface area contributed by atoms with E-state index in [-0.39, 0.29) is 0 Å². The summed E-state index contributed by atoms with van der Waals surface area (Å²) in [5, 5.41) is 10.3. The molecule has 15 heavy (non-hydrogen) atoms. The molecule has 0 aliphatic carbocycles. The third kappa shape index (κ3) is 2.63. The number of tetrazole rings is 1. The van der Waals surface area contributed by atoms with Crippen LogP contribution in [0.25, 0.3) is 0 Å². The van der Waals surface area contributed by atoms with Crippen LogP contribution in [0.1, 0.15) is 19.8 Å². The highest BCUT2D eigenvalue weighted by Crippen LogP contribution is 2.18. The van der Waals surface area contributed by atoms with Gasteiger partial charge in [-0.05, 0) is 50.6 Å². The molecule has 0 spiro atoms. The molecule has 5 nitrogen and oxygen atoms in total. The van der Waals surface area contributed by atoms with Crippen LogP contribution in [0, 0.1) is 10.7 Å². The third-order valence-corrected chi connectivity index (χ3v) is 3.43. The number of nitrogens with zero attached hydrogens (tertiary/aromatic N) is 4. The smallest absolute Gasteiger partial charge is 0.238 e. The van der Waals surface area contributed by atoms with Crippen LogP contribution in [0.5, 0.6) is 0 Å². The van der Waals surface area contributed by atoms with Gasteiger partial charge < -0.3 is 4.90 Å². The molecule has 84 valence electrons. The molecule has 0 unspecified atom stereocenters. The summed E-state index contributed by atoms with van der Waals surface area (Å²) in [4.78, 5) is 2.49. The maximum Gasteiger partial charge on any atom is 0.238 e. The van der Waals surface area contributed by atoms with Gasteiger partial charge in [-0.15, -0.1) is 0 Å². The van der Waals surface area contributed by atoms with Gasteiger partial charge in [0.25, 0.3) is 0 Å². The Hall–Kier alpha value is -0.750. The zero-order chi connectivity index (χ0) is 10.7. The summed E-state index contributed by atoms with van der Waals surface area (Å²) in [5.74, 6) is 0.710. The largest absolute Gasteiger partial charge is 0.304 e. The quantitative estimate of drug-likeness (QED) is 0.785. The average molecular weight is 227 g/mol. The number of piperidine rings is 1. The molecule has 2 heterocycles. The first-order valence-corrected chi connectivity index (χ1v) is 5.90. The highest BCUT2D eigenvalue weighted by molar-refractivity contribution is 7.71. The molecule has 0 atom stereocenters. The van der Waals surface area contributed by atoms with Crippen LogP contribution in [0.3, 0.4) is 0 Å². The highest BCUT2D eigenvalue weighted by Gasteiger charge is 2.18. The summed E-state index contributed by atoms with van der Waals surface area (Å²) < 4.78 is 2.43. The lowest BCUT2D eigenvalue weighted by atomic mass is 9.97. The number of H-pyrrole nitrogens is 1. The second-order valence-electron chi connectivity index (χ2n) is 4.07. The van der Waals surface area contributed by atoms with Crippen LogP contribution in [-0.2, 0) is 6.54 Å². The molecule has 1 aliphatic heterocycles. The lowest BCUT2D eigenvalue weighted by Crippen LogP contribution is -2.34. The van der Waals surface area contributed by atoms with Crippen LogP contribution in [0.2, 0.25) is 0 Å². The number of aromatic amines is 1.